The molecule has 9 heteroatoms. The fourth-order valence-electron chi connectivity index (χ4n) is 4.88. The SMILES string of the molecule is O=C[C@H](C[C@@H]1CCNC1=O)NC(=O)[C@H](CC1CCCCC1)NC(=O)c1ccc2c(c1)OCO2. The summed E-state index contributed by atoms with van der Waals surface area (Å²) in [5, 5.41) is 8.36. The van der Waals surface area contributed by atoms with Crippen molar-refractivity contribution in [2.24, 2.45) is 11.8 Å². The van der Waals surface area contributed by atoms with Crippen LogP contribution in [0.25, 0.3) is 0 Å². The summed E-state index contributed by atoms with van der Waals surface area (Å²) in [6.07, 6.45) is 7.53. The van der Waals surface area contributed by atoms with Crippen molar-refractivity contribution in [1.82, 2.24) is 16.0 Å². The highest BCUT2D eigenvalue weighted by atomic mass is 16.7. The summed E-state index contributed by atoms with van der Waals surface area (Å²) in [6, 6.07) is 3.35. The molecule has 0 spiro atoms. The summed E-state index contributed by atoms with van der Waals surface area (Å²) < 4.78 is 10.6. The fraction of sp³-hybridized carbons (Fsp3) is 0.583. The average molecular weight is 458 g/mol. The number of rotatable bonds is 9. The second-order valence-corrected chi connectivity index (χ2v) is 9.10. The standard InChI is InChI=1S/C24H31N3O6/c28-13-18(11-17-8-9-25-22(17)29)26-24(31)19(10-15-4-2-1-3-5-15)27-23(30)16-6-7-20-21(12-16)33-14-32-20/h6-7,12-13,15,17-19H,1-5,8-11,14H2,(H,25,29)(H,26,31)(H,27,30)/t17-,18-,19-/m0/s1. The van der Waals surface area contributed by atoms with Crippen LogP contribution in [0.15, 0.2) is 18.2 Å². The van der Waals surface area contributed by atoms with Crippen LogP contribution in [0.5, 0.6) is 11.5 Å². The summed E-state index contributed by atoms with van der Waals surface area (Å²) in [6.45, 7) is 0.693. The van der Waals surface area contributed by atoms with Gasteiger partial charge in [-0.25, -0.2) is 0 Å². The second kappa shape index (κ2) is 10.7. The minimum Gasteiger partial charge on any atom is -0.454 e. The summed E-state index contributed by atoms with van der Waals surface area (Å²) in [5.74, 6) is 0.236. The number of amides is 3. The van der Waals surface area contributed by atoms with E-state index in [9.17, 15) is 19.2 Å². The maximum atomic E-state index is 13.2. The Labute approximate surface area is 193 Å². The van der Waals surface area contributed by atoms with Crippen LogP contribution in [0.4, 0.5) is 0 Å². The van der Waals surface area contributed by atoms with Gasteiger partial charge in [-0.2, -0.15) is 0 Å². The van der Waals surface area contributed by atoms with E-state index < -0.39 is 18.0 Å². The lowest BCUT2D eigenvalue weighted by Crippen LogP contribution is -2.51. The molecule has 4 rings (SSSR count). The Kier molecular flexibility index (Phi) is 7.47. The molecule has 9 nitrogen and oxygen atoms in total. The van der Waals surface area contributed by atoms with Gasteiger partial charge in [0, 0.05) is 18.0 Å². The van der Waals surface area contributed by atoms with Crippen molar-refractivity contribution in [3.8, 4) is 11.5 Å². The third kappa shape index (κ3) is 5.83. The van der Waals surface area contributed by atoms with Gasteiger partial charge in [0.1, 0.15) is 12.3 Å². The fourth-order valence-corrected chi connectivity index (χ4v) is 4.88. The molecule has 0 bridgehead atoms. The van der Waals surface area contributed by atoms with Gasteiger partial charge in [0.15, 0.2) is 11.5 Å². The minimum absolute atomic E-state index is 0.0917. The molecule has 1 saturated carbocycles. The second-order valence-electron chi connectivity index (χ2n) is 9.10. The van der Waals surface area contributed by atoms with Crippen molar-refractivity contribution >= 4 is 24.0 Å². The Balaban J connectivity index is 1.43. The molecule has 33 heavy (non-hydrogen) atoms. The molecule has 2 heterocycles. The number of nitrogens with one attached hydrogen (secondary N) is 3. The third-order valence-electron chi connectivity index (χ3n) is 6.74. The number of benzene rings is 1. The van der Waals surface area contributed by atoms with E-state index in [-0.39, 0.29) is 30.9 Å². The van der Waals surface area contributed by atoms with Crippen molar-refractivity contribution in [2.45, 2.75) is 63.5 Å². The first kappa shape index (κ1) is 23.1. The summed E-state index contributed by atoms with van der Waals surface area (Å²) in [4.78, 5) is 49.6. The van der Waals surface area contributed by atoms with Crippen molar-refractivity contribution in [3.63, 3.8) is 0 Å². The third-order valence-corrected chi connectivity index (χ3v) is 6.74. The normalized spacial score (nSPS) is 21.7. The molecule has 1 aromatic rings. The van der Waals surface area contributed by atoms with Crippen molar-refractivity contribution < 1.29 is 28.7 Å². The van der Waals surface area contributed by atoms with Gasteiger partial charge in [-0.1, -0.05) is 32.1 Å². The molecule has 0 unspecified atom stereocenters. The van der Waals surface area contributed by atoms with Gasteiger partial charge in [-0.05, 0) is 43.4 Å². The molecule has 178 valence electrons. The highest BCUT2D eigenvalue weighted by Crippen LogP contribution is 2.32. The molecule has 1 saturated heterocycles. The predicted octanol–water partition coefficient (Wildman–Crippen LogP) is 1.69. The number of hydrogen-bond donors (Lipinski definition) is 3. The van der Waals surface area contributed by atoms with E-state index >= 15 is 0 Å². The first-order valence-electron chi connectivity index (χ1n) is 11.8. The van der Waals surface area contributed by atoms with Crippen molar-refractivity contribution in [2.75, 3.05) is 13.3 Å². The molecule has 2 fully saturated rings. The van der Waals surface area contributed by atoms with E-state index in [1.807, 2.05) is 0 Å². The number of carbonyl (C=O) groups excluding carboxylic acids is 4. The van der Waals surface area contributed by atoms with Gasteiger partial charge in [0.25, 0.3) is 5.91 Å². The van der Waals surface area contributed by atoms with Gasteiger partial charge >= 0.3 is 0 Å². The van der Waals surface area contributed by atoms with E-state index in [0.717, 1.165) is 25.7 Å². The highest BCUT2D eigenvalue weighted by molar-refractivity contribution is 5.98. The zero-order valence-electron chi connectivity index (χ0n) is 18.6. The lowest BCUT2D eigenvalue weighted by Gasteiger charge is -2.27. The predicted molar refractivity (Wildman–Crippen MR) is 119 cm³/mol. The molecule has 1 aromatic carbocycles. The Hall–Kier alpha value is -3.10. The van der Waals surface area contributed by atoms with Crippen molar-refractivity contribution in [3.05, 3.63) is 23.8 Å². The molecule has 1 aliphatic carbocycles. The van der Waals surface area contributed by atoms with Gasteiger partial charge in [0.2, 0.25) is 18.6 Å². The van der Waals surface area contributed by atoms with Crippen LogP contribution in [0.3, 0.4) is 0 Å². The smallest absolute Gasteiger partial charge is 0.252 e. The van der Waals surface area contributed by atoms with E-state index in [4.69, 9.17) is 9.47 Å². The molecule has 0 aromatic heterocycles. The van der Waals surface area contributed by atoms with Gasteiger partial charge in [-0.15, -0.1) is 0 Å². The Bertz CT molecular complexity index is 898. The first-order valence-corrected chi connectivity index (χ1v) is 11.8. The summed E-state index contributed by atoms with van der Waals surface area (Å²) in [5.41, 5.74) is 0.371. The monoisotopic (exact) mass is 457 g/mol. The van der Waals surface area contributed by atoms with Gasteiger partial charge < -0.3 is 30.2 Å². The molecular formula is C24H31N3O6. The first-order chi connectivity index (χ1) is 16.0. The molecule has 3 atom stereocenters. The molecule has 0 radical (unpaired) electrons. The highest BCUT2D eigenvalue weighted by Gasteiger charge is 2.31. The quantitative estimate of drug-likeness (QED) is 0.485. The van der Waals surface area contributed by atoms with E-state index in [1.54, 1.807) is 18.2 Å². The maximum absolute atomic E-state index is 13.2. The zero-order chi connectivity index (χ0) is 23.2. The molecule has 3 aliphatic rings. The average Bonchev–Trinajstić information content (AvgIpc) is 3.46. The van der Waals surface area contributed by atoms with Crippen LogP contribution in [0.2, 0.25) is 0 Å². The largest absolute Gasteiger partial charge is 0.454 e. The van der Waals surface area contributed by atoms with Crippen molar-refractivity contribution in [1.29, 1.82) is 0 Å². The lowest BCUT2D eigenvalue weighted by molar-refractivity contribution is -0.127. The van der Waals surface area contributed by atoms with Crippen LogP contribution in [0, 0.1) is 11.8 Å². The topological polar surface area (TPSA) is 123 Å². The Morgan fingerprint density at radius 2 is 1.85 bits per heavy atom. The van der Waals surface area contributed by atoms with Crippen LogP contribution < -0.4 is 25.4 Å². The van der Waals surface area contributed by atoms with Gasteiger partial charge in [0.05, 0.1) is 6.04 Å². The number of fused-ring (bicyclic) bond motifs is 1. The van der Waals surface area contributed by atoms with Gasteiger partial charge in [-0.3, -0.25) is 14.4 Å². The van der Waals surface area contributed by atoms with Crippen LogP contribution in [-0.4, -0.2) is 49.4 Å². The van der Waals surface area contributed by atoms with E-state index in [1.165, 1.54) is 6.42 Å². The molecule has 3 N–H and O–H groups in total. The maximum Gasteiger partial charge on any atom is 0.252 e. The Morgan fingerprint density at radius 1 is 1.06 bits per heavy atom. The Morgan fingerprint density at radius 3 is 2.58 bits per heavy atom. The van der Waals surface area contributed by atoms with Crippen LogP contribution >= 0.6 is 0 Å². The summed E-state index contributed by atoms with van der Waals surface area (Å²) >= 11 is 0. The minimum atomic E-state index is -0.775. The number of ether oxygens (including phenoxy) is 2. The summed E-state index contributed by atoms with van der Waals surface area (Å²) in [7, 11) is 0. The number of aldehydes is 1. The molecule has 2 aliphatic heterocycles. The number of carbonyl (C=O) groups is 4. The van der Waals surface area contributed by atoms with Crippen LogP contribution in [0.1, 0.15) is 61.7 Å². The molecular weight excluding hydrogens is 426 g/mol. The lowest BCUT2D eigenvalue weighted by atomic mass is 9.84. The van der Waals surface area contributed by atoms with E-state index in [2.05, 4.69) is 16.0 Å². The molecule has 3 amide bonds. The zero-order valence-corrected chi connectivity index (χ0v) is 18.6. The van der Waals surface area contributed by atoms with Crippen LogP contribution in [-0.2, 0) is 14.4 Å². The number of hydrogen-bond acceptors (Lipinski definition) is 6. The van der Waals surface area contributed by atoms with E-state index in [0.29, 0.717) is 48.7 Å².